The molecular formula is C9H11BrN2O. The molecule has 0 heterocycles. The molecule has 1 amide bonds. The van der Waals surface area contributed by atoms with Crippen molar-refractivity contribution in [2.24, 2.45) is 0 Å². The predicted octanol–water partition coefficient (Wildman–Crippen LogP) is 1.62. The molecule has 2 N–H and O–H groups in total. The summed E-state index contributed by atoms with van der Waals surface area (Å²) in [4.78, 5) is 11.4. The van der Waals surface area contributed by atoms with Crippen molar-refractivity contribution >= 4 is 21.8 Å². The van der Waals surface area contributed by atoms with Gasteiger partial charge in [-0.1, -0.05) is 22.0 Å². The third-order valence-corrected chi connectivity index (χ3v) is 2.18. The molecule has 0 unspecified atom stereocenters. The van der Waals surface area contributed by atoms with Gasteiger partial charge in [-0.05, 0) is 24.6 Å². The average molecular weight is 243 g/mol. The highest BCUT2D eigenvalue weighted by atomic mass is 79.9. The van der Waals surface area contributed by atoms with Gasteiger partial charge in [0.25, 0.3) is 5.91 Å². The van der Waals surface area contributed by atoms with E-state index in [1.54, 1.807) is 13.1 Å². The Kier molecular flexibility index (Phi) is 3.45. The summed E-state index contributed by atoms with van der Waals surface area (Å²) in [6, 6.07) is 5.60. The molecule has 0 saturated heterocycles. The van der Waals surface area contributed by atoms with Crippen molar-refractivity contribution in [2.45, 2.75) is 6.92 Å². The van der Waals surface area contributed by atoms with Gasteiger partial charge in [-0.15, -0.1) is 0 Å². The third kappa shape index (κ3) is 2.54. The summed E-state index contributed by atoms with van der Waals surface area (Å²) in [6.45, 7) is 1.90. The molecule has 0 aromatic heterocycles. The van der Waals surface area contributed by atoms with E-state index in [1.807, 2.05) is 19.1 Å². The second-order valence-corrected chi connectivity index (χ2v) is 3.58. The lowest BCUT2D eigenvalue weighted by Gasteiger charge is -2.06. The van der Waals surface area contributed by atoms with E-state index in [2.05, 4.69) is 26.8 Å². The fourth-order valence-corrected chi connectivity index (χ4v) is 1.38. The van der Waals surface area contributed by atoms with Crippen LogP contribution in [0.1, 0.15) is 15.9 Å². The van der Waals surface area contributed by atoms with E-state index in [1.165, 1.54) is 0 Å². The maximum Gasteiger partial charge on any atom is 0.265 e. The first-order valence-electron chi connectivity index (χ1n) is 3.88. The van der Waals surface area contributed by atoms with Crippen LogP contribution in [0.4, 0.5) is 0 Å². The van der Waals surface area contributed by atoms with Crippen LogP contribution in [-0.2, 0) is 0 Å². The zero-order valence-corrected chi connectivity index (χ0v) is 9.10. The Morgan fingerprint density at radius 1 is 1.46 bits per heavy atom. The van der Waals surface area contributed by atoms with Crippen LogP contribution in [-0.4, -0.2) is 13.0 Å². The molecule has 0 aliphatic carbocycles. The molecule has 3 nitrogen and oxygen atoms in total. The van der Waals surface area contributed by atoms with Crippen molar-refractivity contribution in [2.75, 3.05) is 7.05 Å². The van der Waals surface area contributed by atoms with Gasteiger partial charge in [0.2, 0.25) is 0 Å². The molecular weight excluding hydrogens is 232 g/mol. The molecule has 70 valence electrons. The van der Waals surface area contributed by atoms with Crippen molar-refractivity contribution in [3.63, 3.8) is 0 Å². The average Bonchev–Trinajstić information content (AvgIpc) is 2.09. The molecule has 0 bridgehead atoms. The minimum Gasteiger partial charge on any atom is -0.288 e. The molecule has 0 fully saturated rings. The van der Waals surface area contributed by atoms with Gasteiger partial charge in [0.15, 0.2) is 0 Å². The number of amides is 1. The van der Waals surface area contributed by atoms with E-state index < -0.39 is 0 Å². The molecule has 0 aliphatic rings. The summed E-state index contributed by atoms with van der Waals surface area (Å²) >= 11 is 3.32. The Morgan fingerprint density at radius 2 is 2.15 bits per heavy atom. The zero-order chi connectivity index (χ0) is 9.84. The number of carbonyl (C=O) groups excluding carboxylic acids is 1. The fourth-order valence-electron chi connectivity index (χ4n) is 1.02. The van der Waals surface area contributed by atoms with Crippen LogP contribution in [0, 0.1) is 6.92 Å². The molecule has 4 heteroatoms. The quantitative estimate of drug-likeness (QED) is 0.775. The summed E-state index contributed by atoms with van der Waals surface area (Å²) < 4.78 is 0.902. The number of hydrogen-bond acceptors (Lipinski definition) is 2. The molecule has 0 saturated carbocycles. The highest BCUT2D eigenvalue weighted by Gasteiger charge is 2.07. The van der Waals surface area contributed by atoms with Gasteiger partial charge in [0, 0.05) is 17.1 Å². The summed E-state index contributed by atoms with van der Waals surface area (Å²) in [5.41, 5.74) is 6.74. The Labute approximate surface area is 85.6 Å². The van der Waals surface area contributed by atoms with Gasteiger partial charge in [0.1, 0.15) is 0 Å². The van der Waals surface area contributed by atoms with Crippen LogP contribution in [0.5, 0.6) is 0 Å². The smallest absolute Gasteiger partial charge is 0.265 e. The SMILES string of the molecule is CNNC(=O)c1cc(Br)ccc1C. The van der Waals surface area contributed by atoms with Crippen molar-refractivity contribution < 1.29 is 4.79 Å². The highest BCUT2D eigenvalue weighted by molar-refractivity contribution is 9.10. The number of halogens is 1. The van der Waals surface area contributed by atoms with Gasteiger partial charge in [-0.25, -0.2) is 5.43 Å². The monoisotopic (exact) mass is 242 g/mol. The van der Waals surface area contributed by atoms with E-state index in [-0.39, 0.29) is 5.91 Å². The lowest BCUT2D eigenvalue weighted by atomic mass is 10.1. The number of nitrogens with one attached hydrogen (secondary N) is 2. The lowest BCUT2D eigenvalue weighted by molar-refractivity contribution is 0.0937. The zero-order valence-electron chi connectivity index (χ0n) is 7.52. The van der Waals surface area contributed by atoms with Crippen molar-refractivity contribution in [1.82, 2.24) is 10.9 Å². The Balaban J connectivity index is 2.99. The summed E-state index contributed by atoms with van der Waals surface area (Å²) in [5.74, 6) is -0.124. The Morgan fingerprint density at radius 3 is 2.77 bits per heavy atom. The first-order valence-corrected chi connectivity index (χ1v) is 4.67. The fraction of sp³-hybridized carbons (Fsp3) is 0.222. The van der Waals surface area contributed by atoms with Gasteiger partial charge < -0.3 is 0 Å². The lowest BCUT2D eigenvalue weighted by Crippen LogP contribution is -2.34. The van der Waals surface area contributed by atoms with Crippen molar-refractivity contribution in [1.29, 1.82) is 0 Å². The second-order valence-electron chi connectivity index (χ2n) is 2.66. The van der Waals surface area contributed by atoms with Crippen LogP contribution in [0.25, 0.3) is 0 Å². The number of benzene rings is 1. The van der Waals surface area contributed by atoms with Gasteiger partial charge in [-0.2, -0.15) is 0 Å². The minimum atomic E-state index is -0.124. The van der Waals surface area contributed by atoms with Gasteiger partial charge in [-0.3, -0.25) is 10.2 Å². The topological polar surface area (TPSA) is 41.1 Å². The van der Waals surface area contributed by atoms with Crippen LogP contribution in [0.2, 0.25) is 0 Å². The molecule has 0 radical (unpaired) electrons. The minimum absolute atomic E-state index is 0.124. The molecule has 0 spiro atoms. The van der Waals surface area contributed by atoms with E-state index in [9.17, 15) is 4.79 Å². The van der Waals surface area contributed by atoms with Crippen LogP contribution >= 0.6 is 15.9 Å². The van der Waals surface area contributed by atoms with E-state index >= 15 is 0 Å². The normalized spacial score (nSPS) is 9.77. The molecule has 13 heavy (non-hydrogen) atoms. The van der Waals surface area contributed by atoms with Gasteiger partial charge in [0.05, 0.1) is 0 Å². The standard InChI is InChI=1S/C9H11BrN2O/c1-6-3-4-7(10)5-8(6)9(13)12-11-2/h3-5,11H,1-2H3,(H,12,13). The highest BCUT2D eigenvalue weighted by Crippen LogP contribution is 2.15. The number of rotatable bonds is 2. The maximum absolute atomic E-state index is 11.4. The second kappa shape index (κ2) is 4.39. The number of hydrazine groups is 1. The molecule has 0 atom stereocenters. The third-order valence-electron chi connectivity index (χ3n) is 1.68. The van der Waals surface area contributed by atoms with Crippen molar-refractivity contribution in [3.8, 4) is 0 Å². The first-order chi connectivity index (χ1) is 6.15. The van der Waals surface area contributed by atoms with Crippen LogP contribution < -0.4 is 10.9 Å². The summed E-state index contributed by atoms with van der Waals surface area (Å²) in [7, 11) is 1.66. The van der Waals surface area contributed by atoms with Gasteiger partial charge >= 0.3 is 0 Å². The summed E-state index contributed by atoms with van der Waals surface area (Å²) in [5, 5.41) is 0. The molecule has 1 aromatic rings. The largest absolute Gasteiger partial charge is 0.288 e. The molecule has 1 aromatic carbocycles. The number of carbonyl (C=O) groups is 1. The van der Waals surface area contributed by atoms with Crippen LogP contribution in [0.15, 0.2) is 22.7 Å². The number of hydrogen-bond donors (Lipinski definition) is 2. The molecule has 0 aliphatic heterocycles. The number of aryl methyl sites for hydroxylation is 1. The predicted molar refractivity (Wildman–Crippen MR) is 55.4 cm³/mol. The Hall–Kier alpha value is -0.870. The summed E-state index contributed by atoms with van der Waals surface area (Å²) in [6.07, 6.45) is 0. The molecule has 1 rings (SSSR count). The van der Waals surface area contributed by atoms with Crippen LogP contribution in [0.3, 0.4) is 0 Å². The van der Waals surface area contributed by atoms with E-state index in [0.29, 0.717) is 5.56 Å². The Bertz CT molecular complexity index is 325. The maximum atomic E-state index is 11.4. The van der Waals surface area contributed by atoms with E-state index in [0.717, 1.165) is 10.0 Å². The van der Waals surface area contributed by atoms with Crippen molar-refractivity contribution in [3.05, 3.63) is 33.8 Å². The van der Waals surface area contributed by atoms with E-state index in [4.69, 9.17) is 0 Å². The first kappa shape index (κ1) is 10.2.